The highest BCUT2D eigenvalue weighted by Crippen LogP contribution is 2.20. The molecule has 81 heavy (non-hydrogen) atoms. The number of hydrogen-bond acceptors (Lipinski definition) is 7. The molecule has 0 radical (unpaired) electrons. The maximum atomic E-state index is 12.9. The predicted octanol–water partition coefficient (Wildman–Crippen LogP) is 22.3. The summed E-state index contributed by atoms with van der Waals surface area (Å²) in [5, 5.41) is 9.73. The van der Waals surface area contributed by atoms with Crippen molar-refractivity contribution >= 4 is 17.9 Å². The lowest BCUT2D eigenvalue weighted by Crippen LogP contribution is -2.40. The number of carboxylic acid groups (broad SMARTS) is 1. The minimum atomic E-state index is -1.50. The largest absolute Gasteiger partial charge is 0.477 e. The van der Waals surface area contributed by atoms with E-state index in [1.54, 1.807) is 0 Å². The van der Waals surface area contributed by atoms with Gasteiger partial charge in [-0.2, -0.15) is 0 Å². The van der Waals surface area contributed by atoms with E-state index in [-0.39, 0.29) is 38.2 Å². The number of likely N-dealkylation sites (N-methyl/N-ethyl adjacent to an activating group) is 1. The molecular weight excluding hydrogens is 1010 g/mol. The molecule has 1 N–H and O–H groups in total. The molecule has 0 aliphatic carbocycles. The molecular formula is C72H142NO8+. The van der Waals surface area contributed by atoms with Crippen molar-refractivity contribution in [1.29, 1.82) is 0 Å². The van der Waals surface area contributed by atoms with E-state index in [9.17, 15) is 19.5 Å². The molecule has 0 bridgehead atoms. The quantitative estimate of drug-likeness (QED) is 0.0278. The van der Waals surface area contributed by atoms with E-state index in [0.717, 1.165) is 38.5 Å². The van der Waals surface area contributed by atoms with Crippen LogP contribution >= 0.6 is 0 Å². The molecule has 0 heterocycles. The molecule has 2 unspecified atom stereocenters. The van der Waals surface area contributed by atoms with Crippen LogP contribution in [0.4, 0.5) is 0 Å². The average molecular weight is 1150 g/mol. The van der Waals surface area contributed by atoms with Crippen molar-refractivity contribution in [2.45, 2.75) is 399 Å². The van der Waals surface area contributed by atoms with Crippen molar-refractivity contribution in [3.63, 3.8) is 0 Å². The van der Waals surface area contributed by atoms with Crippen LogP contribution in [-0.4, -0.2) is 87.4 Å². The maximum absolute atomic E-state index is 12.9. The normalized spacial score (nSPS) is 12.6. The summed E-state index contributed by atoms with van der Waals surface area (Å²) in [4.78, 5) is 37.5. The zero-order valence-corrected chi connectivity index (χ0v) is 55.2. The van der Waals surface area contributed by atoms with Gasteiger partial charge in [0.1, 0.15) is 13.2 Å². The lowest BCUT2D eigenvalue weighted by Gasteiger charge is -2.25. The third kappa shape index (κ3) is 65.7. The highest BCUT2D eigenvalue weighted by molar-refractivity contribution is 5.71. The summed E-state index contributed by atoms with van der Waals surface area (Å²) in [5.74, 6) is -1.97. The average Bonchev–Trinajstić information content (AvgIpc) is 3.44. The molecule has 9 nitrogen and oxygen atoms in total. The van der Waals surface area contributed by atoms with Gasteiger partial charge >= 0.3 is 17.9 Å². The molecule has 2 atom stereocenters. The molecule has 0 aromatic heterocycles. The van der Waals surface area contributed by atoms with Crippen LogP contribution in [0.3, 0.4) is 0 Å². The fourth-order valence-corrected chi connectivity index (χ4v) is 11.3. The molecule has 0 amide bonds. The Hall–Kier alpha value is -1.71. The first-order valence-electron chi connectivity index (χ1n) is 36.2. The predicted molar refractivity (Wildman–Crippen MR) is 346 cm³/mol. The lowest BCUT2D eigenvalue weighted by molar-refractivity contribution is -0.870. The number of esters is 2. The first-order chi connectivity index (χ1) is 39.6. The Labute approximate surface area is 504 Å². The van der Waals surface area contributed by atoms with Crippen molar-refractivity contribution in [2.75, 3.05) is 47.5 Å². The van der Waals surface area contributed by atoms with Gasteiger partial charge in [0.05, 0.1) is 34.4 Å². The molecule has 0 rings (SSSR count). The van der Waals surface area contributed by atoms with Gasteiger partial charge in [-0.05, 0) is 12.8 Å². The second-order valence-electron chi connectivity index (χ2n) is 26.3. The van der Waals surface area contributed by atoms with Gasteiger partial charge in [0.2, 0.25) is 0 Å². The van der Waals surface area contributed by atoms with Crippen LogP contribution < -0.4 is 0 Å². The van der Waals surface area contributed by atoms with Gasteiger partial charge in [-0.3, -0.25) is 9.59 Å². The fourth-order valence-electron chi connectivity index (χ4n) is 11.3. The van der Waals surface area contributed by atoms with Crippen LogP contribution in [0.5, 0.6) is 0 Å². The van der Waals surface area contributed by atoms with Gasteiger partial charge in [0.15, 0.2) is 6.10 Å². The van der Waals surface area contributed by atoms with Crippen LogP contribution in [0.1, 0.15) is 386 Å². The topological polar surface area (TPSA) is 108 Å². The number of carbonyl (C=O) groups is 3. The summed E-state index contributed by atoms with van der Waals surface area (Å²) in [5.41, 5.74) is 0. The first-order valence-corrected chi connectivity index (χ1v) is 36.2. The van der Waals surface area contributed by atoms with E-state index in [1.165, 1.54) is 321 Å². The Balaban J connectivity index is 3.87. The minimum Gasteiger partial charge on any atom is -0.477 e. The standard InChI is InChI=1S/C72H141NO8/c1-6-8-10-12-14-16-18-20-22-24-25-26-27-28-29-30-31-32-33-34-35-36-37-38-39-40-41-42-43-44-45-46-47-49-51-53-55-57-59-61-63-70(75)81-68(67-80-72(71(76)77)78-65-64-73(3,4)5)66-79-69(74)62-60-58-56-54-52-50-48-23-21-19-17-15-13-11-9-7-2/h68,72H,6-67H2,1-5H3/p+1. The first kappa shape index (κ1) is 79.3. The highest BCUT2D eigenvalue weighted by atomic mass is 16.7. The van der Waals surface area contributed by atoms with Gasteiger partial charge in [-0.15, -0.1) is 0 Å². The summed E-state index contributed by atoms with van der Waals surface area (Å²) in [7, 11) is 5.99. The summed E-state index contributed by atoms with van der Waals surface area (Å²) in [6.45, 7) is 4.96. The Kier molecular flexibility index (Phi) is 62.9. The zero-order valence-electron chi connectivity index (χ0n) is 55.2. The molecule has 0 saturated carbocycles. The van der Waals surface area contributed by atoms with E-state index in [4.69, 9.17) is 18.9 Å². The smallest absolute Gasteiger partial charge is 0.361 e. The molecule has 9 heteroatoms. The Morgan fingerprint density at radius 3 is 0.790 bits per heavy atom. The van der Waals surface area contributed by atoms with Gasteiger partial charge in [-0.25, -0.2) is 4.79 Å². The fraction of sp³-hybridized carbons (Fsp3) is 0.958. The van der Waals surface area contributed by atoms with Crippen molar-refractivity contribution in [3.8, 4) is 0 Å². The molecule has 0 aliphatic heterocycles. The van der Waals surface area contributed by atoms with Gasteiger partial charge in [0.25, 0.3) is 6.29 Å². The van der Waals surface area contributed by atoms with Crippen LogP contribution in [-0.2, 0) is 33.3 Å². The Bertz CT molecular complexity index is 1290. The van der Waals surface area contributed by atoms with Crippen LogP contribution in [0, 0.1) is 0 Å². The second kappa shape index (κ2) is 64.3. The monoisotopic (exact) mass is 1150 g/mol. The van der Waals surface area contributed by atoms with Gasteiger partial charge < -0.3 is 28.5 Å². The Morgan fingerprint density at radius 2 is 0.556 bits per heavy atom. The summed E-state index contributed by atoms with van der Waals surface area (Å²) >= 11 is 0. The molecule has 0 aromatic carbocycles. The number of carbonyl (C=O) groups excluding carboxylic acids is 2. The highest BCUT2D eigenvalue weighted by Gasteiger charge is 2.25. The summed E-state index contributed by atoms with van der Waals surface area (Å²) in [6, 6.07) is 0. The van der Waals surface area contributed by atoms with Crippen molar-refractivity contribution in [3.05, 3.63) is 0 Å². The lowest BCUT2D eigenvalue weighted by atomic mass is 10.0. The van der Waals surface area contributed by atoms with E-state index in [2.05, 4.69) is 13.8 Å². The number of hydrogen-bond donors (Lipinski definition) is 1. The molecule has 482 valence electrons. The molecule has 0 spiro atoms. The van der Waals surface area contributed by atoms with Crippen LogP contribution in [0.25, 0.3) is 0 Å². The van der Waals surface area contributed by atoms with E-state index in [1.807, 2.05) is 21.1 Å². The van der Waals surface area contributed by atoms with Crippen molar-refractivity contribution in [1.82, 2.24) is 0 Å². The van der Waals surface area contributed by atoms with Crippen LogP contribution in [0.2, 0.25) is 0 Å². The SMILES string of the molecule is CCCCCCCCCCCCCCCCCCCCCCCCCCCCCCCCCCCCCCCCCCC(=O)OC(COC(=O)CCCCCCCCCCCCCCCCCC)COC(OCC[N+](C)(C)C)C(=O)O. The van der Waals surface area contributed by atoms with E-state index >= 15 is 0 Å². The number of ether oxygens (including phenoxy) is 4. The van der Waals surface area contributed by atoms with E-state index < -0.39 is 18.4 Å². The zero-order chi connectivity index (χ0) is 59.1. The minimum absolute atomic E-state index is 0.172. The molecule has 0 aromatic rings. The van der Waals surface area contributed by atoms with Crippen LogP contribution in [0.15, 0.2) is 0 Å². The number of quaternary nitrogens is 1. The number of aliphatic carboxylic acids is 1. The Morgan fingerprint density at radius 1 is 0.321 bits per heavy atom. The number of rotatable bonds is 69. The molecule has 0 aliphatic rings. The van der Waals surface area contributed by atoms with E-state index in [0.29, 0.717) is 17.4 Å². The summed E-state index contributed by atoms with van der Waals surface area (Å²) < 4.78 is 23.0. The van der Waals surface area contributed by atoms with Crippen molar-refractivity contribution in [2.24, 2.45) is 0 Å². The maximum Gasteiger partial charge on any atom is 0.361 e. The number of carboxylic acids is 1. The van der Waals surface area contributed by atoms with Gasteiger partial charge in [-0.1, -0.05) is 361 Å². The molecule has 0 fully saturated rings. The number of nitrogens with zero attached hydrogens (tertiary/aromatic N) is 1. The molecule has 0 saturated heterocycles. The second-order valence-corrected chi connectivity index (χ2v) is 26.3. The van der Waals surface area contributed by atoms with Crippen molar-refractivity contribution < 1.29 is 42.9 Å². The number of unbranched alkanes of at least 4 members (excludes halogenated alkanes) is 54. The van der Waals surface area contributed by atoms with Gasteiger partial charge in [0, 0.05) is 12.8 Å². The third-order valence-electron chi connectivity index (χ3n) is 16.9. The summed E-state index contributed by atoms with van der Waals surface area (Å²) in [6.07, 6.45) is 74.0. The third-order valence-corrected chi connectivity index (χ3v) is 16.9.